The lowest BCUT2D eigenvalue weighted by Gasteiger charge is -2.24. The van der Waals surface area contributed by atoms with Crippen molar-refractivity contribution in [1.82, 2.24) is 21.3 Å². The van der Waals surface area contributed by atoms with Crippen LogP contribution in [-0.4, -0.2) is 55.4 Å². The van der Waals surface area contributed by atoms with E-state index in [9.17, 15) is 19.2 Å². The van der Waals surface area contributed by atoms with E-state index < -0.39 is 29.8 Å². The normalized spacial score (nSPS) is 19.2. The van der Waals surface area contributed by atoms with Crippen molar-refractivity contribution in [2.24, 2.45) is 5.92 Å². The Kier molecular flexibility index (Phi) is 9.44. The van der Waals surface area contributed by atoms with Crippen LogP contribution in [0.25, 0.3) is 0 Å². The van der Waals surface area contributed by atoms with E-state index in [0.29, 0.717) is 18.7 Å². The lowest BCUT2D eigenvalue weighted by molar-refractivity contribution is -0.131. The van der Waals surface area contributed by atoms with E-state index in [4.69, 9.17) is 4.74 Å². The summed E-state index contributed by atoms with van der Waals surface area (Å²) >= 11 is 0. The molecule has 0 saturated heterocycles. The maximum Gasteiger partial charge on any atom is 0.255 e. The number of hydrogen-bond acceptors (Lipinski definition) is 5. The number of fused-ring (bicyclic) bond motifs is 1. The fourth-order valence-electron chi connectivity index (χ4n) is 3.94. The number of para-hydroxylation sites is 1. The molecule has 9 heteroatoms. The third-order valence-electron chi connectivity index (χ3n) is 5.86. The zero-order valence-corrected chi connectivity index (χ0v) is 20.9. The van der Waals surface area contributed by atoms with Gasteiger partial charge in [0.1, 0.15) is 24.4 Å². The largest absolute Gasteiger partial charge is 0.491 e. The van der Waals surface area contributed by atoms with E-state index in [0.717, 1.165) is 11.1 Å². The van der Waals surface area contributed by atoms with Crippen molar-refractivity contribution in [2.75, 3.05) is 19.7 Å². The zero-order chi connectivity index (χ0) is 26.1. The minimum atomic E-state index is -1.14. The predicted molar refractivity (Wildman–Crippen MR) is 135 cm³/mol. The van der Waals surface area contributed by atoms with Gasteiger partial charge in [-0.15, -0.1) is 0 Å². The van der Waals surface area contributed by atoms with Crippen LogP contribution in [0.4, 0.5) is 0 Å². The van der Waals surface area contributed by atoms with Crippen molar-refractivity contribution in [3.63, 3.8) is 0 Å². The molecule has 0 unspecified atom stereocenters. The molecule has 3 rings (SSSR count). The minimum Gasteiger partial charge on any atom is -0.491 e. The summed E-state index contributed by atoms with van der Waals surface area (Å²) in [5, 5.41) is 11.0. The molecule has 1 heterocycles. The number of benzene rings is 2. The number of amides is 4. The first-order valence-corrected chi connectivity index (χ1v) is 12.2. The molecule has 4 amide bonds. The number of ether oxygens (including phenoxy) is 1. The van der Waals surface area contributed by atoms with Gasteiger partial charge in [0, 0.05) is 6.54 Å². The maximum absolute atomic E-state index is 13.1. The Morgan fingerprint density at radius 3 is 2.61 bits per heavy atom. The van der Waals surface area contributed by atoms with Crippen LogP contribution >= 0.6 is 0 Å². The van der Waals surface area contributed by atoms with Crippen LogP contribution in [-0.2, 0) is 20.8 Å². The van der Waals surface area contributed by atoms with Crippen molar-refractivity contribution < 1.29 is 23.9 Å². The summed E-state index contributed by atoms with van der Waals surface area (Å²) in [5.41, 5.74) is 2.43. The predicted octanol–water partition coefficient (Wildman–Crippen LogP) is 1.49. The van der Waals surface area contributed by atoms with E-state index in [2.05, 4.69) is 21.3 Å². The van der Waals surface area contributed by atoms with E-state index in [1.165, 1.54) is 0 Å². The van der Waals surface area contributed by atoms with Gasteiger partial charge in [-0.25, -0.2) is 0 Å². The average molecular weight is 495 g/mol. The monoisotopic (exact) mass is 494 g/mol. The molecule has 192 valence electrons. The minimum absolute atomic E-state index is 0.137. The summed E-state index contributed by atoms with van der Waals surface area (Å²) in [5.74, 6) is -1.72. The standard InChI is InChI=1S/C27H34N4O5/c1-17(2)24-27(35)29-13-14-36-22-10-5-4-9-20(22)25(33)30-21(16-23(32)31-24)26(34)28-12-11-19-8-6-7-18(3)15-19/h4-10,15,17,21,24H,11-14,16H2,1-3H3,(H,28,34)(H,29,35)(H,30,33)(H,31,32)/t21-,24+/m0/s1. The summed E-state index contributed by atoms with van der Waals surface area (Å²) in [6, 6.07) is 12.7. The van der Waals surface area contributed by atoms with E-state index >= 15 is 0 Å². The second-order valence-electron chi connectivity index (χ2n) is 9.19. The molecule has 0 radical (unpaired) electrons. The highest BCUT2D eigenvalue weighted by Gasteiger charge is 2.29. The summed E-state index contributed by atoms with van der Waals surface area (Å²) in [7, 11) is 0. The Morgan fingerprint density at radius 2 is 1.86 bits per heavy atom. The second kappa shape index (κ2) is 12.7. The molecule has 9 nitrogen and oxygen atoms in total. The van der Waals surface area contributed by atoms with Crippen LogP contribution in [0.3, 0.4) is 0 Å². The Hall–Kier alpha value is -3.88. The van der Waals surface area contributed by atoms with Crippen molar-refractivity contribution in [2.45, 2.75) is 45.7 Å². The fraction of sp³-hybridized carbons (Fsp3) is 0.407. The summed E-state index contributed by atoms with van der Waals surface area (Å²) in [6.07, 6.45) is 0.286. The van der Waals surface area contributed by atoms with Gasteiger partial charge in [-0.05, 0) is 37.0 Å². The molecule has 0 aliphatic carbocycles. The first-order valence-electron chi connectivity index (χ1n) is 12.2. The molecule has 1 aliphatic heterocycles. The fourth-order valence-corrected chi connectivity index (χ4v) is 3.94. The summed E-state index contributed by atoms with van der Waals surface area (Å²) in [6.45, 7) is 6.32. The highest BCUT2D eigenvalue weighted by molar-refractivity contribution is 6.01. The van der Waals surface area contributed by atoms with Gasteiger partial charge in [-0.2, -0.15) is 0 Å². The van der Waals surface area contributed by atoms with Gasteiger partial charge >= 0.3 is 0 Å². The van der Waals surface area contributed by atoms with Crippen molar-refractivity contribution in [1.29, 1.82) is 0 Å². The highest BCUT2D eigenvalue weighted by Crippen LogP contribution is 2.18. The maximum atomic E-state index is 13.1. The van der Waals surface area contributed by atoms with Crippen LogP contribution in [0.5, 0.6) is 5.75 Å². The second-order valence-corrected chi connectivity index (χ2v) is 9.19. The number of carbonyl (C=O) groups is 4. The molecule has 0 aromatic heterocycles. The van der Waals surface area contributed by atoms with Crippen LogP contribution in [0.15, 0.2) is 48.5 Å². The topological polar surface area (TPSA) is 126 Å². The van der Waals surface area contributed by atoms with Crippen LogP contribution in [0.2, 0.25) is 0 Å². The highest BCUT2D eigenvalue weighted by atomic mass is 16.5. The Balaban J connectivity index is 1.79. The number of hydrogen-bond donors (Lipinski definition) is 4. The first kappa shape index (κ1) is 26.7. The number of rotatable bonds is 5. The Labute approximate surface area is 211 Å². The van der Waals surface area contributed by atoms with Crippen LogP contribution < -0.4 is 26.0 Å². The van der Waals surface area contributed by atoms with Crippen molar-refractivity contribution >= 4 is 23.6 Å². The Morgan fingerprint density at radius 1 is 1.08 bits per heavy atom. The lowest BCUT2D eigenvalue weighted by atomic mass is 10.0. The van der Waals surface area contributed by atoms with Gasteiger partial charge in [0.15, 0.2) is 0 Å². The third kappa shape index (κ3) is 7.56. The smallest absolute Gasteiger partial charge is 0.255 e. The van der Waals surface area contributed by atoms with Crippen molar-refractivity contribution in [3.05, 3.63) is 65.2 Å². The molecule has 0 bridgehead atoms. The molecule has 0 saturated carbocycles. The van der Waals surface area contributed by atoms with Gasteiger partial charge < -0.3 is 26.0 Å². The van der Waals surface area contributed by atoms with Crippen LogP contribution in [0, 0.1) is 12.8 Å². The molecular formula is C27H34N4O5. The Bertz CT molecular complexity index is 1100. The molecule has 0 spiro atoms. The lowest BCUT2D eigenvalue weighted by Crippen LogP contribution is -2.54. The molecule has 36 heavy (non-hydrogen) atoms. The van der Waals surface area contributed by atoms with Gasteiger partial charge in [0.25, 0.3) is 5.91 Å². The molecular weight excluding hydrogens is 460 g/mol. The molecule has 2 aromatic carbocycles. The van der Waals surface area contributed by atoms with Crippen LogP contribution in [0.1, 0.15) is 41.8 Å². The summed E-state index contributed by atoms with van der Waals surface area (Å²) < 4.78 is 5.72. The average Bonchev–Trinajstić information content (AvgIpc) is 2.84. The third-order valence-corrected chi connectivity index (χ3v) is 5.86. The molecule has 2 atom stereocenters. The molecule has 1 aliphatic rings. The van der Waals surface area contributed by atoms with Gasteiger partial charge in [0.05, 0.1) is 18.5 Å². The van der Waals surface area contributed by atoms with E-state index in [-0.39, 0.29) is 37.0 Å². The number of aryl methyl sites for hydroxylation is 1. The van der Waals surface area contributed by atoms with E-state index in [1.807, 2.05) is 45.0 Å². The molecule has 0 fully saturated rings. The van der Waals surface area contributed by atoms with Gasteiger partial charge in [-0.1, -0.05) is 55.8 Å². The van der Waals surface area contributed by atoms with Gasteiger partial charge in [-0.3, -0.25) is 19.2 Å². The molecule has 4 N–H and O–H groups in total. The number of nitrogens with one attached hydrogen (secondary N) is 4. The quantitative estimate of drug-likeness (QED) is 0.501. The summed E-state index contributed by atoms with van der Waals surface area (Å²) in [4.78, 5) is 51.7. The zero-order valence-electron chi connectivity index (χ0n) is 20.9. The molecule has 2 aromatic rings. The van der Waals surface area contributed by atoms with E-state index in [1.54, 1.807) is 24.3 Å². The van der Waals surface area contributed by atoms with Crippen molar-refractivity contribution in [3.8, 4) is 5.75 Å². The number of carbonyl (C=O) groups excluding carboxylic acids is 4. The van der Waals surface area contributed by atoms with Gasteiger partial charge in [0.2, 0.25) is 17.7 Å². The SMILES string of the molecule is Cc1cccc(CCNC(=O)[C@@H]2CC(=O)N[C@H](C(C)C)C(=O)NCCOc3ccccc3C(=O)N2)c1. The first-order chi connectivity index (χ1) is 17.2.